The molecule has 0 atom stereocenters. The highest BCUT2D eigenvalue weighted by Gasteiger charge is 2.13. The van der Waals surface area contributed by atoms with Crippen LogP contribution in [0.25, 0.3) is 0 Å². The summed E-state index contributed by atoms with van der Waals surface area (Å²) in [6, 6.07) is 0.438. The number of hydrogen-bond acceptors (Lipinski definition) is 3. The van der Waals surface area contributed by atoms with Crippen LogP contribution in [0.15, 0.2) is 4.99 Å². The Balaban J connectivity index is 2.28. The summed E-state index contributed by atoms with van der Waals surface area (Å²) < 4.78 is 5.22. The van der Waals surface area contributed by atoms with Gasteiger partial charge < -0.3 is 10.1 Å². The SMILES string of the molecule is CN=C(NN)NC1CCOCC1. The van der Waals surface area contributed by atoms with Crippen molar-refractivity contribution in [3.8, 4) is 0 Å². The van der Waals surface area contributed by atoms with E-state index in [1.54, 1.807) is 7.05 Å². The number of hydrogen-bond donors (Lipinski definition) is 3. The molecule has 0 amide bonds. The minimum Gasteiger partial charge on any atom is -0.381 e. The second-order valence-corrected chi connectivity index (χ2v) is 2.75. The van der Waals surface area contributed by atoms with Gasteiger partial charge in [-0.15, -0.1) is 0 Å². The molecule has 0 aromatic heterocycles. The largest absolute Gasteiger partial charge is 0.381 e. The summed E-state index contributed by atoms with van der Waals surface area (Å²) in [6.07, 6.45) is 2.03. The van der Waals surface area contributed by atoms with E-state index >= 15 is 0 Å². The third-order valence-electron chi connectivity index (χ3n) is 1.92. The van der Waals surface area contributed by atoms with Gasteiger partial charge in [0.15, 0.2) is 0 Å². The molecule has 1 aliphatic rings. The summed E-state index contributed by atoms with van der Waals surface area (Å²) in [5.41, 5.74) is 2.50. The van der Waals surface area contributed by atoms with Gasteiger partial charge in [-0.1, -0.05) is 0 Å². The Hall–Kier alpha value is -0.810. The lowest BCUT2D eigenvalue weighted by Crippen LogP contribution is -2.48. The zero-order chi connectivity index (χ0) is 8.81. The van der Waals surface area contributed by atoms with Gasteiger partial charge in [0.1, 0.15) is 0 Å². The van der Waals surface area contributed by atoms with E-state index in [2.05, 4.69) is 15.7 Å². The smallest absolute Gasteiger partial charge is 0.205 e. The van der Waals surface area contributed by atoms with Crippen LogP contribution < -0.4 is 16.6 Å². The summed E-state index contributed by atoms with van der Waals surface area (Å²) in [6.45, 7) is 1.64. The van der Waals surface area contributed by atoms with Crippen molar-refractivity contribution in [1.29, 1.82) is 0 Å². The van der Waals surface area contributed by atoms with Crippen LogP contribution in [0, 0.1) is 0 Å². The van der Waals surface area contributed by atoms with Crippen LogP contribution in [0.1, 0.15) is 12.8 Å². The van der Waals surface area contributed by atoms with Gasteiger partial charge in [-0.05, 0) is 12.8 Å². The van der Waals surface area contributed by atoms with Crippen LogP contribution in [0.4, 0.5) is 0 Å². The van der Waals surface area contributed by atoms with Gasteiger partial charge in [0.2, 0.25) is 5.96 Å². The first-order chi connectivity index (χ1) is 5.86. The van der Waals surface area contributed by atoms with Gasteiger partial charge in [0.05, 0.1) is 0 Å². The Morgan fingerprint density at radius 1 is 1.50 bits per heavy atom. The number of hydrazine groups is 1. The minimum atomic E-state index is 0.438. The molecule has 0 aromatic rings. The highest BCUT2D eigenvalue weighted by molar-refractivity contribution is 5.79. The number of aliphatic imine (C=N–C) groups is 1. The topological polar surface area (TPSA) is 71.7 Å². The molecule has 1 rings (SSSR count). The van der Waals surface area contributed by atoms with Gasteiger partial charge in [-0.3, -0.25) is 10.4 Å². The fourth-order valence-corrected chi connectivity index (χ4v) is 1.21. The van der Waals surface area contributed by atoms with Crippen LogP contribution in [0.2, 0.25) is 0 Å². The maximum atomic E-state index is 5.23. The molecule has 5 heteroatoms. The Kier molecular flexibility index (Phi) is 3.83. The van der Waals surface area contributed by atoms with Crippen molar-refractivity contribution in [3.63, 3.8) is 0 Å². The van der Waals surface area contributed by atoms with Crippen LogP contribution in [0.5, 0.6) is 0 Å². The predicted molar refractivity (Wildman–Crippen MR) is 47.7 cm³/mol. The molecule has 70 valence electrons. The van der Waals surface area contributed by atoms with E-state index in [4.69, 9.17) is 10.6 Å². The van der Waals surface area contributed by atoms with Crippen molar-refractivity contribution in [2.45, 2.75) is 18.9 Å². The van der Waals surface area contributed by atoms with Crippen molar-refractivity contribution in [3.05, 3.63) is 0 Å². The first kappa shape index (κ1) is 9.28. The quantitative estimate of drug-likeness (QED) is 0.210. The second kappa shape index (κ2) is 4.95. The molecular formula is C7H16N4O. The highest BCUT2D eigenvalue weighted by atomic mass is 16.5. The fourth-order valence-electron chi connectivity index (χ4n) is 1.21. The number of rotatable bonds is 1. The number of nitrogens with zero attached hydrogens (tertiary/aromatic N) is 1. The molecule has 1 aliphatic heterocycles. The van der Waals surface area contributed by atoms with Gasteiger partial charge in [-0.25, -0.2) is 5.84 Å². The van der Waals surface area contributed by atoms with Crippen molar-refractivity contribution in [1.82, 2.24) is 10.7 Å². The van der Waals surface area contributed by atoms with Gasteiger partial charge in [-0.2, -0.15) is 0 Å². The molecule has 4 N–H and O–H groups in total. The van der Waals surface area contributed by atoms with Crippen molar-refractivity contribution in [2.75, 3.05) is 20.3 Å². The fraction of sp³-hybridized carbons (Fsp3) is 0.857. The summed E-state index contributed by atoms with van der Waals surface area (Å²) in [5.74, 6) is 5.87. The van der Waals surface area contributed by atoms with Crippen molar-refractivity contribution < 1.29 is 4.74 Å². The molecule has 0 spiro atoms. The van der Waals surface area contributed by atoms with E-state index < -0.39 is 0 Å². The first-order valence-electron chi connectivity index (χ1n) is 4.14. The molecule has 0 aromatic carbocycles. The summed E-state index contributed by atoms with van der Waals surface area (Å²) in [5, 5.41) is 3.19. The van der Waals surface area contributed by atoms with Crippen LogP contribution in [-0.4, -0.2) is 32.3 Å². The lowest BCUT2D eigenvalue weighted by molar-refractivity contribution is 0.0822. The maximum absolute atomic E-state index is 5.23. The first-order valence-corrected chi connectivity index (χ1v) is 4.14. The normalized spacial score (nSPS) is 20.7. The number of nitrogens with one attached hydrogen (secondary N) is 2. The van der Waals surface area contributed by atoms with Gasteiger partial charge in [0, 0.05) is 26.3 Å². The minimum absolute atomic E-state index is 0.438. The summed E-state index contributed by atoms with van der Waals surface area (Å²) >= 11 is 0. The van der Waals surface area contributed by atoms with Crippen molar-refractivity contribution in [2.24, 2.45) is 10.8 Å². The van der Waals surface area contributed by atoms with E-state index in [1.807, 2.05) is 0 Å². The molecule has 12 heavy (non-hydrogen) atoms. The number of ether oxygens (including phenoxy) is 1. The molecule has 1 saturated heterocycles. The van der Waals surface area contributed by atoms with Crippen LogP contribution in [0.3, 0.4) is 0 Å². The lowest BCUT2D eigenvalue weighted by atomic mass is 10.1. The average Bonchev–Trinajstić information content (AvgIpc) is 2.16. The average molecular weight is 172 g/mol. The predicted octanol–water partition coefficient (Wildman–Crippen LogP) is -0.796. The Bertz CT molecular complexity index is 153. The van der Waals surface area contributed by atoms with E-state index in [9.17, 15) is 0 Å². The van der Waals surface area contributed by atoms with Crippen molar-refractivity contribution >= 4 is 5.96 Å². The molecule has 5 nitrogen and oxygen atoms in total. The molecule has 0 unspecified atom stereocenters. The van der Waals surface area contributed by atoms with E-state index in [-0.39, 0.29) is 0 Å². The molecule has 0 radical (unpaired) electrons. The number of guanidine groups is 1. The standard InChI is InChI=1S/C7H16N4O/c1-9-7(11-8)10-6-2-4-12-5-3-6/h6H,2-5,8H2,1H3,(H2,9,10,11). The molecular weight excluding hydrogens is 156 g/mol. The summed E-state index contributed by atoms with van der Waals surface area (Å²) in [7, 11) is 1.70. The summed E-state index contributed by atoms with van der Waals surface area (Å²) in [4.78, 5) is 3.93. The van der Waals surface area contributed by atoms with E-state index in [0.29, 0.717) is 12.0 Å². The zero-order valence-corrected chi connectivity index (χ0v) is 7.34. The van der Waals surface area contributed by atoms with E-state index in [1.165, 1.54) is 0 Å². The lowest BCUT2D eigenvalue weighted by Gasteiger charge is -2.24. The molecule has 1 fully saturated rings. The Morgan fingerprint density at radius 2 is 2.17 bits per heavy atom. The molecule has 0 saturated carbocycles. The monoisotopic (exact) mass is 172 g/mol. The second-order valence-electron chi connectivity index (χ2n) is 2.75. The maximum Gasteiger partial charge on any atom is 0.205 e. The Labute approximate surface area is 72.3 Å². The van der Waals surface area contributed by atoms with Gasteiger partial charge >= 0.3 is 0 Å². The molecule has 0 aliphatic carbocycles. The Morgan fingerprint density at radius 3 is 2.67 bits per heavy atom. The van der Waals surface area contributed by atoms with E-state index in [0.717, 1.165) is 26.1 Å². The number of nitrogens with two attached hydrogens (primary N) is 1. The third kappa shape index (κ3) is 2.67. The van der Waals surface area contributed by atoms with Crippen LogP contribution >= 0.6 is 0 Å². The molecule has 1 heterocycles. The molecule has 0 bridgehead atoms. The van der Waals surface area contributed by atoms with Crippen LogP contribution in [-0.2, 0) is 4.74 Å². The third-order valence-corrected chi connectivity index (χ3v) is 1.92. The van der Waals surface area contributed by atoms with Gasteiger partial charge in [0.25, 0.3) is 0 Å². The highest BCUT2D eigenvalue weighted by Crippen LogP contribution is 2.05. The zero-order valence-electron chi connectivity index (χ0n) is 7.34.